The molecule has 0 aliphatic rings. The van der Waals surface area contributed by atoms with Gasteiger partial charge in [-0.1, -0.05) is 0 Å². The van der Waals surface area contributed by atoms with Gasteiger partial charge in [0.15, 0.2) is 0 Å². The summed E-state index contributed by atoms with van der Waals surface area (Å²) < 4.78 is 55.9. The molecule has 6 nitrogen and oxygen atoms in total. The van der Waals surface area contributed by atoms with Crippen LogP contribution < -0.4 is 5.73 Å². The van der Waals surface area contributed by atoms with Crippen LogP contribution in [-0.4, -0.2) is 38.9 Å². The third-order valence-corrected chi connectivity index (χ3v) is 4.21. The highest BCUT2D eigenvalue weighted by Gasteiger charge is 2.27. The van der Waals surface area contributed by atoms with Gasteiger partial charge in [-0.3, -0.25) is 4.79 Å². The second kappa shape index (κ2) is 6.14. The van der Waals surface area contributed by atoms with Crippen LogP contribution in [0.4, 0.5) is 14.5 Å². The highest BCUT2D eigenvalue weighted by molar-refractivity contribution is 7.89. The van der Waals surface area contributed by atoms with E-state index in [9.17, 15) is 22.0 Å². The summed E-state index contributed by atoms with van der Waals surface area (Å²) >= 11 is 0. The number of carbonyl (C=O) groups is 1. The normalized spacial score (nSPS) is 11.7. The van der Waals surface area contributed by atoms with Crippen molar-refractivity contribution in [1.82, 2.24) is 4.31 Å². The second-order valence-electron chi connectivity index (χ2n) is 3.87. The number of anilines is 1. The number of likely N-dealkylation sites (N-methyl/N-ethyl adjacent to an activating group) is 1. The van der Waals surface area contributed by atoms with Gasteiger partial charge < -0.3 is 10.5 Å². The Bertz CT molecular complexity index is 619. The molecule has 9 heteroatoms. The Morgan fingerprint density at radius 2 is 1.95 bits per heavy atom. The maximum atomic E-state index is 13.6. The average molecular weight is 308 g/mol. The lowest BCUT2D eigenvalue weighted by atomic mass is 10.3. The Morgan fingerprint density at radius 3 is 2.50 bits per heavy atom. The molecule has 1 aromatic rings. The topological polar surface area (TPSA) is 89.7 Å². The number of ether oxygens (including phenoxy) is 1. The van der Waals surface area contributed by atoms with Gasteiger partial charge in [-0.25, -0.2) is 17.2 Å². The lowest BCUT2D eigenvalue weighted by molar-refractivity contribution is -0.143. The Morgan fingerprint density at radius 1 is 1.35 bits per heavy atom. The number of hydrogen-bond acceptors (Lipinski definition) is 5. The van der Waals surface area contributed by atoms with E-state index in [0.717, 1.165) is 7.05 Å². The van der Waals surface area contributed by atoms with Crippen molar-refractivity contribution in [2.45, 2.75) is 11.8 Å². The number of esters is 1. The van der Waals surface area contributed by atoms with Crippen molar-refractivity contribution in [1.29, 1.82) is 0 Å². The molecule has 0 aliphatic carbocycles. The first-order chi connectivity index (χ1) is 9.20. The summed E-state index contributed by atoms with van der Waals surface area (Å²) in [5.41, 5.74) is 4.71. The molecule has 0 fully saturated rings. The zero-order chi connectivity index (χ0) is 15.5. The molecule has 0 radical (unpaired) electrons. The molecule has 0 bridgehead atoms. The molecule has 0 aromatic heterocycles. The van der Waals surface area contributed by atoms with Gasteiger partial charge in [0.2, 0.25) is 10.0 Å². The summed E-state index contributed by atoms with van der Waals surface area (Å²) in [6.07, 6.45) is 0. The summed E-state index contributed by atoms with van der Waals surface area (Å²) in [5.74, 6) is -3.13. The third-order valence-electron chi connectivity index (χ3n) is 2.40. The van der Waals surface area contributed by atoms with Crippen molar-refractivity contribution < 1.29 is 26.7 Å². The Hall–Kier alpha value is -1.74. The van der Waals surface area contributed by atoms with Gasteiger partial charge in [-0.2, -0.15) is 4.31 Å². The smallest absolute Gasteiger partial charge is 0.321 e. The third kappa shape index (κ3) is 3.42. The van der Waals surface area contributed by atoms with Crippen LogP contribution in [-0.2, 0) is 19.6 Å². The number of sulfonamides is 1. The van der Waals surface area contributed by atoms with E-state index < -0.39 is 44.8 Å². The zero-order valence-corrected chi connectivity index (χ0v) is 11.7. The van der Waals surface area contributed by atoms with Crippen molar-refractivity contribution in [3.63, 3.8) is 0 Å². The second-order valence-corrected chi connectivity index (χ2v) is 5.88. The van der Waals surface area contributed by atoms with Crippen LogP contribution >= 0.6 is 0 Å². The molecule has 0 spiro atoms. The van der Waals surface area contributed by atoms with E-state index in [0.29, 0.717) is 16.4 Å². The minimum atomic E-state index is -4.31. The van der Waals surface area contributed by atoms with E-state index in [1.807, 2.05) is 0 Å². The van der Waals surface area contributed by atoms with Gasteiger partial charge in [0.05, 0.1) is 12.3 Å². The minimum absolute atomic E-state index is 0.0879. The molecule has 0 saturated carbocycles. The van der Waals surface area contributed by atoms with Gasteiger partial charge in [0.25, 0.3) is 0 Å². The van der Waals surface area contributed by atoms with Crippen LogP contribution in [0, 0.1) is 11.6 Å². The summed E-state index contributed by atoms with van der Waals surface area (Å²) in [7, 11) is -3.24. The fourth-order valence-electron chi connectivity index (χ4n) is 1.38. The predicted molar refractivity (Wildman–Crippen MR) is 67.2 cm³/mol. The van der Waals surface area contributed by atoms with Crippen LogP contribution in [0.15, 0.2) is 17.0 Å². The van der Waals surface area contributed by atoms with Gasteiger partial charge in [0.1, 0.15) is 23.1 Å². The largest absolute Gasteiger partial charge is 0.465 e. The first-order valence-corrected chi connectivity index (χ1v) is 7.00. The highest BCUT2D eigenvalue weighted by Crippen LogP contribution is 2.23. The number of hydrogen-bond donors (Lipinski definition) is 1. The van der Waals surface area contributed by atoms with E-state index >= 15 is 0 Å². The number of benzene rings is 1. The molecule has 0 aliphatic heterocycles. The monoisotopic (exact) mass is 308 g/mol. The van der Waals surface area contributed by atoms with Crippen LogP contribution in [0.3, 0.4) is 0 Å². The Labute approximate surface area is 115 Å². The summed E-state index contributed by atoms with van der Waals surface area (Å²) in [5, 5.41) is 0. The maximum absolute atomic E-state index is 13.6. The highest BCUT2D eigenvalue weighted by atomic mass is 32.2. The fraction of sp³-hybridized carbons (Fsp3) is 0.364. The van der Waals surface area contributed by atoms with E-state index in [4.69, 9.17) is 5.73 Å². The van der Waals surface area contributed by atoms with Crippen molar-refractivity contribution in [2.24, 2.45) is 0 Å². The van der Waals surface area contributed by atoms with Crippen LogP contribution in [0.2, 0.25) is 0 Å². The van der Waals surface area contributed by atoms with Gasteiger partial charge in [-0.15, -0.1) is 0 Å². The molecule has 0 atom stereocenters. The molecule has 20 heavy (non-hydrogen) atoms. The molecule has 0 unspecified atom stereocenters. The Kier molecular flexibility index (Phi) is 5.01. The minimum Gasteiger partial charge on any atom is -0.465 e. The first-order valence-electron chi connectivity index (χ1n) is 5.56. The fourth-order valence-corrected chi connectivity index (χ4v) is 2.58. The van der Waals surface area contributed by atoms with E-state index in [1.54, 1.807) is 6.92 Å². The maximum Gasteiger partial charge on any atom is 0.321 e. The molecule has 0 amide bonds. The number of rotatable bonds is 5. The summed E-state index contributed by atoms with van der Waals surface area (Å²) in [4.78, 5) is 10.4. The number of carbonyl (C=O) groups excluding carboxylic acids is 1. The zero-order valence-electron chi connectivity index (χ0n) is 10.9. The van der Waals surface area contributed by atoms with E-state index in [1.165, 1.54) is 0 Å². The molecule has 112 valence electrons. The van der Waals surface area contributed by atoms with E-state index in [2.05, 4.69) is 4.74 Å². The molecule has 0 saturated heterocycles. The van der Waals surface area contributed by atoms with Crippen LogP contribution in [0.1, 0.15) is 6.92 Å². The lowest BCUT2D eigenvalue weighted by Gasteiger charge is -2.17. The van der Waals surface area contributed by atoms with Crippen LogP contribution in [0.5, 0.6) is 0 Å². The lowest BCUT2D eigenvalue weighted by Crippen LogP contribution is -2.33. The molecule has 1 aromatic carbocycles. The van der Waals surface area contributed by atoms with Crippen molar-refractivity contribution in [2.75, 3.05) is 25.9 Å². The molecule has 2 N–H and O–H groups in total. The standard InChI is InChI=1S/C11H14F2N2O4S/c1-3-19-11(16)6-15(2)20(17,18)10-5-9(14)7(12)4-8(10)13/h4-5H,3,6,14H2,1-2H3. The molecular formula is C11H14F2N2O4S. The number of nitrogens with zero attached hydrogens (tertiary/aromatic N) is 1. The predicted octanol–water partition coefficient (Wildman–Crippen LogP) is 0.731. The summed E-state index contributed by atoms with van der Waals surface area (Å²) in [6, 6.07) is 1.04. The van der Waals surface area contributed by atoms with Crippen molar-refractivity contribution >= 4 is 21.7 Å². The molecule has 1 rings (SSSR count). The SMILES string of the molecule is CCOC(=O)CN(C)S(=O)(=O)c1cc(N)c(F)cc1F. The Balaban J connectivity index is 3.11. The van der Waals surface area contributed by atoms with Crippen molar-refractivity contribution in [3.8, 4) is 0 Å². The quantitative estimate of drug-likeness (QED) is 0.640. The van der Waals surface area contributed by atoms with Crippen LogP contribution in [0.25, 0.3) is 0 Å². The first kappa shape index (κ1) is 16.3. The van der Waals surface area contributed by atoms with Gasteiger partial charge in [-0.05, 0) is 13.0 Å². The van der Waals surface area contributed by atoms with Crippen molar-refractivity contribution in [3.05, 3.63) is 23.8 Å². The van der Waals surface area contributed by atoms with Gasteiger partial charge in [0, 0.05) is 13.1 Å². The number of nitrogen functional groups attached to an aromatic ring is 1. The number of halogens is 2. The molecular weight excluding hydrogens is 294 g/mol. The van der Waals surface area contributed by atoms with E-state index in [-0.39, 0.29) is 6.61 Å². The van der Waals surface area contributed by atoms with Gasteiger partial charge >= 0.3 is 5.97 Å². The molecule has 0 heterocycles. The summed E-state index contributed by atoms with van der Waals surface area (Å²) in [6.45, 7) is 1.06. The number of nitrogens with two attached hydrogens (primary N) is 1. The average Bonchev–Trinajstić information content (AvgIpc) is 2.33.